The summed E-state index contributed by atoms with van der Waals surface area (Å²) >= 11 is 0. The van der Waals surface area contributed by atoms with Crippen molar-refractivity contribution in [3.8, 4) is 5.75 Å². The Bertz CT molecular complexity index is 1020. The number of fused-ring (bicyclic) bond motifs is 4. The van der Waals surface area contributed by atoms with E-state index in [0.717, 1.165) is 49.9 Å². The number of rotatable bonds is 4. The number of ether oxygens (including phenoxy) is 1. The fourth-order valence-corrected chi connectivity index (χ4v) is 5.73. The fourth-order valence-electron chi connectivity index (χ4n) is 5.73. The van der Waals surface area contributed by atoms with Gasteiger partial charge < -0.3 is 20.3 Å². The number of amides is 2. The monoisotopic (exact) mass is 433 g/mol. The highest BCUT2D eigenvalue weighted by molar-refractivity contribution is 5.98. The molecule has 0 saturated carbocycles. The molecule has 2 aromatic rings. The summed E-state index contributed by atoms with van der Waals surface area (Å²) in [5.74, 6) is 0.774. The van der Waals surface area contributed by atoms with Crippen LogP contribution >= 0.6 is 0 Å². The van der Waals surface area contributed by atoms with Crippen LogP contribution in [0.2, 0.25) is 0 Å². The van der Waals surface area contributed by atoms with Gasteiger partial charge in [-0.1, -0.05) is 36.4 Å². The predicted octanol–water partition coefficient (Wildman–Crippen LogP) is 3.38. The summed E-state index contributed by atoms with van der Waals surface area (Å²) < 4.78 is 5.85. The normalized spacial score (nSPS) is 25.2. The summed E-state index contributed by atoms with van der Waals surface area (Å²) in [6, 6.07) is 13.9. The van der Waals surface area contributed by atoms with Crippen molar-refractivity contribution in [2.45, 2.75) is 50.7 Å². The Kier molecular flexibility index (Phi) is 5.64. The first-order valence-electron chi connectivity index (χ1n) is 11.7. The highest BCUT2D eigenvalue weighted by Gasteiger charge is 2.46. The molecule has 32 heavy (non-hydrogen) atoms. The van der Waals surface area contributed by atoms with Gasteiger partial charge in [0, 0.05) is 18.2 Å². The molecule has 2 amide bonds. The zero-order chi connectivity index (χ0) is 22.2. The van der Waals surface area contributed by atoms with Crippen molar-refractivity contribution in [1.82, 2.24) is 15.5 Å². The van der Waals surface area contributed by atoms with E-state index in [2.05, 4.69) is 10.6 Å². The summed E-state index contributed by atoms with van der Waals surface area (Å²) in [4.78, 5) is 28.6. The van der Waals surface area contributed by atoms with Crippen LogP contribution in [0.25, 0.3) is 0 Å². The summed E-state index contributed by atoms with van der Waals surface area (Å²) in [6.45, 7) is 3.68. The van der Waals surface area contributed by atoms with Crippen LogP contribution in [0.15, 0.2) is 42.5 Å². The molecule has 4 atom stereocenters. The lowest BCUT2D eigenvalue weighted by Gasteiger charge is -2.48. The molecular formula is C26H31N3O3. The van der Waals surface area contributed by atoms with E-state index in [1.54, 1.807) is 7.11 Å². The third kappa shape index (κ3) is 3.56. The van der Waals surface area contributed by atoms with Crippen LogP contribution < -0.4 is 15.4 Å². The Morgan fingerprint density at radius 3 is 2.81 bits per heavy atom. The molecule has 2 fully saturated rings. The molecule has 0 unspecified atom stereocenters. The number of methoxy groups -OCH3 is 1. The molecule has 2 saturated heterocycles. The average Bonchev–Trinajstić information content (AvgIpc) is 2.83. The molecule has 0 aliphatic carbocycles. The Labute approximate surface area is 189 Å². The van der Waals surface area contributed by atoms with Gasteiger partial charge >= 0.3 is 0 Å². The lowest BCUT2D eigenvalue weighted by atomic mass is 9.76. The van der Waals surface area contributed by atoms with E-state index in [9.17, 15) is 9.59 Å². The van der Waals surface area contributed by atoms with Crippen molar-refractivity contribution in [3.05, 3.63) is 64.7 Å². The fraction of sp³-hybridized carbons (Fsp3) is 0.462. The first kappa shape index (κ1) is 21.0. The van der Waals surface area contributed by atoms with Gasteiger partial charge in [-0.2, -0.15) is 0 Å². The second-order valence-corrected chi connectivity index (χ2v) is 9.17. The topological polar surface area (TPSA) is 70.7 Å². The molecule has 3 aliphatic rings. The summed E-state index contributed by atoms with van der Waals surface area (Å²) in [5.41, 5.74) is 3.77. The zero-order valence-electron chi connectivity index (χ0n) is 18.8. The largest absolute Gasteiger partial charge is 0.496 e. The van der Waals surface area contributed by atoms with E-state index in [1.165, 1.54) is 5.56 Å². The van der Waals surface area contributed by atoms with Crippen LogP contribution in [0, 0.1) is 5.92 Å². The van der Waals surface area contributed by atoms with Crippen LogP contribution in [-0.2, 0) is 11.2 Å². The number of nitrogens with zero attached hydrogens (tertiary/aromatic N) is 1. The van der Waals surface area contributed by atoms with E-state index in [1.807, 2.05) is 54.3 Å². The third-order valence-corrected chi connectivity index (χ3v) is 7.38. The van der Waals surface area contributed by atoms with Gasteiger partial charge in [0.2, 0.25) is 5.91 Å². The van der Waals surface area contributed by atoms with Crippen LogP contribution in [0.3, 0.4) is 0 Å². The molecule has 2 aromatic carbocycles. The number of hydrogen-bond donors (Lipinski definition) is 2. The van der Waals surface area contributed by atoms with E-state index in [0.29, 0.717) is 11.3 Å². The molecule has 6 heteroatoms. The average molecular weight is 434 g/mol. The van der Waals surface area contributed by atoms with E-state index >= 15 is 0 Å². The van der Waals surface area contributed by atoms with Crippen molar-refractivity contribution in [1.29, 1.82) is 0 Å². The molecule has 0 bridgehead atoms. The molecule has 5 rings (SSSR count). The van der Waals surface area contributed by atoms with Crippen LogP contribution in [-0.4, -0.2) is 43.0 Å². The Balaban J connectivity index is 1.47. The van der Waals surface area contributed by atoms with Crippen LogP contribution in [0.1, 0.15) is 65.3 Å². The van der Waals surface area contributed by atoms with Crippen molar-refractivity contribution >= 4 is 11.8 Å². The highest BCUT2D eigenvalue weighted by Crippen LogP contribution is 2.45. The molecule has 0 radical (unpaired) electrons. The van der Waals surface area contributed by atoms with Gasteiger partial charge in [0.1, 0.15) is 5.75 Å². The standard InChI is InChI=1S/C26H31N3O3/c1-16(17-7-4-3-5-8-17)28-25(30)20-11-10-18-12-14-29-22(23(18)24(20)32-2)15-21-19(26(29)31)9-6-13-27-21/h3-5,7-8,10-11,16,19,21-22,27H,6,9,12-15H2,1-2H3,(H,28,30)/t16-,19-,21-,22+/m1/s1. The first-order valence-corrected chi connectivity index (χ1v) is 11.7. The van der Waals surface area contributed by atoms with Gasteiger partial charge in [0.05, 0.1) is 30.7 Å². The SMILES string of the molecule is COc1c(C(=O)N[C@H](C)c2ccccc2)ccc2c1[C@@H]1C[C@H]3NCCC[C@H]3C(=O)N1CC2. The highest BCUT2D eigenvalue weighted by atomic mass is 16.5. The number of hydrogen-bond acceptors (Lipinski definition) is 4. The van der Waals surface area contributed by atoms with Crippen LogP contribution in [0.5, 0.6) is 5.75 Å². The molecule has 0 spiro atoms. The second-order valence-electron chi connectivity index (χ2n) is 9.17. The Morgan fingerprint density at radius 2 is 2.03 bits per heavy atom. The molecule has 6 nitrogen and oxygen atoms in total. The van der Waals surface area contributed by atoms with Crippen molar-refractivity contribution < 1.29 is 14.3 Å². The van der Waals surface area contributed by atoms with E-state index in [4.69, 9.17) is 4.74 Å². The Hall–Kier alpha value is -2.86. The van der Waals surface area contributed by atoms with Crippen molar-refractivity contribution in [2.24, 2.45) is 5.92 Å². The van der Waals surface area contributed by atoms with Gasteiger partial charge in [0.25, 0.3) is 5.91 Å². The van der Waals surface area contributed by atoms with Gasteiger partial charge in [-0.25, -0.2) is 0 Å². The van der Waals surface area contributed by atoms with Gasteiger partial charge in [0.15, 0.2) is 0 Å². The number of benzene rings is 2. The second kappa shape index (κ2) is 8.58. The van der Waals surface area contributed by atoms with Gasteiger partial charge in [-0.3, -0.25) is 9.59 Å². The maximum absolute atomic E-state index is 13.3. The first-order chi connectivity index (χ1) is 15.6. The number of carbonyl (C=O) groups excluding carboxylic acids is 2. The molecule has 2 N–H and O–H groups in total. The van der Waals surface area contributed by atoms with Crippen LogP contribution in [0.4, 0.5) is 0 Å². The lowest BCUT2D eigenvalue weighted by molar-refractivity contribution is -0.145. The molecule has 168 valence electrons. The molecule has 3 heterocycles. The number of nitrogens with one attached hydrogen (secondary N) is 2. The van der Waals surface area contributed by atoms with Crippen molar-refractivity contribution in [2.75, 3.05) is 20.2 Å². The lowest BCUT2D eigenvalue weighted by Crippen LogP contribution is -2.57. The predicted molar refractivity (Wildman–Crippen MR) is 123 cm³/mol. The quantitative estimate of drug-likeness (QED) is 0.776. The molecular weight excluding hydrogens is 402 g/mol. The summed E-state index contributed by atoms with van der Waals surface area (Å²) in [6.07, 6.45) is 3.67. The zero-order valence-corrected chi connectivity index (χ0v) is 18.8. The Morgan fingerprint density at radius 1 is 1.22 bits per heavy atom. The minimum absolute atomic E-state index is 0.0488. The smallest absolute Gasteiger partial charge is 0.255 e. The third-order valence-electron chi connectivity index (χ3n) is 7.38. The minimum atomic E-state index is -0.158. The number of piperidine rings is 2. The van der Waals surface area contributed by atoms with Gasteiger partial charge in [-0.05, 0) is 56.3 Å². The van der Waals surface area contributed by atoms with E-state index in [-0.39, 0.29) is 35.9 Å². The molecule has 0 aromatic heterocycles. The summed E-state index contributed by atoms with van der Waals surface area (Å²) in [5, 5.41) is 6.68. The number of carbonyl (C=O) groups is 2. The molecule has 3 aliphatic heterocycles. The minimum Gasteiger partial charge on any atom is -0.496 e. The maximum atomic E-state index is 13.3. The maximum Gasteiger partial charge on any atom is 0.255 e. The summed E-state index contributed by atoms with van der Waals surface area (Å²) in [7, 11) is 1.62. The van der Waals surface area contributed by atoms with Crippen molar-refractivity contribution in [3.63, 3.8) is 0 Å². The van der Waals surface area contributed by atoms with E-state index < -0.39 is 0 Å². The van der Waals surface area contributed by atoms with Gasteiger partial charge in [-0.15, -0.1) is 0 Å².